The van der Waals surface area contributed by atoms with Gasteiger partial charge in [0.05, 0.1) is 16.9 Å². The minimum absolute atomic E-state index is 0.147. The van der Waals surface area contributed by atoms with E-state index in [4.69, 9.17) is 10.9 Å². The average Bonchev–Trinajstić information content (AvgIpc) is 2.70. The first-order chi connectivity index (χ1) is 10.1. The van der Waals surface area contributed by atoms with Gasteiger partial charge in [0.2, 0.25) is 0 Å². The molecular weight excluding hydrogens is 264 g/mol. The van der Waals surface area contributed by atoms with Gasteiger partial charge in [-0.1, -0.05) is 24.9 Å². The minimum atomic E-state index is 0.147. The molecule has 0 bridgehead atoms. The Morgan fingerprint density at radius 3 is 2.86 bits per heavy atom. The van der Waals surface area contributed by atoms with E-state index < -0.39 is 0 Å². The fourth-order valence-electron chi connectivity index (χ4n) is 3.32. The van der Waals surface area contributed by atoms with Crippen LogP contribution in [0.4, 0.5) is 5.69 Å². The molecule has 1 aliphatic heterocycles. The predicted molar refractivity (Wildman–Crippen MR) is 86.1 cm³/mol. The molecule has 1 atom stereocenters. The molecule has 5 heteroatoms. The number of hydrogen-bond acceptors (Lipinski definition) is 4. The number of rotatable bonds is 3. The van der Waals surface area contributed by atoms with Crippen LogP contribution in [0.3, 0.4) is 0 Å². The lowest BCUT2D eigenvalue weighted by molar-refractivity contribution is 0.318. The van der Waals surface area contributed by atoms with Crippen LogP contribution in [-0.2, 0) is 0 Å². The van der Waals surface area contributed by atoms with Crippen molar-refractivity contribution >= 4 is 11.5 Å². The summed E-state index contributed by atoms with van der Waals surface area (Å²) in [4.78, 5) is 6.91. The topological polar surface area (TPSA) is 74.7 Å². The summed E-state index contributed by atoms with van der Waals surface area (Å²) in [7, 11) is 0. The molecule has 2 heterocycles. The van der Waals surface area contributed by atoms with E-state index in [0.29, 0.717) is 6.04 Å². The van der Waals surface area contributed by atoms with E-state index in [1.54, 1.807) is 0 Å². The molecule has 21 heavy (non-hydrogen) atoms. The number of oxime groups is 1. The van der Waals surface area contributed by atoms with E-state index in [9.17, 15) is 0 Å². The van der Waals surface area contributed by atoms with Gasteiger partial charge in [-0.2, -0.15) is 0 Å². The Morgan fingerprint density at radius 1 is 1.43 bits per heavy atom. The molecule has 0 saturated carbocycles. The predicted octanol–water partition coefficient (Wildman–Crippen LogP) is 2.95. The summed E-state index contributed by atoms with van der Waals surface area (Å²) < 4.78 is 0. The Bertz CT molecular complexity index is 527. The van der Waals surface area contributed by atoms with Gasteiger partial charge in [0.1, 0.15) is 0 Å². The molecule has 1 aromatic rings. The van der Waals surface area contributed by atoms with E-state index in [0.717, 1.165) is 35.6 Å². The maximum absolute atomic E-state index is 9.10. The van der Waals surface area contributed by atoms with Crippen molar-refractivity contribution in [2.24, 2.45) is 10.9 Å². The first-order valence-corrected chi connectivity index (χ1v) is 7.81. The molecule has 0 aromatic carbocycles. The summed E-state index contributed by atoms with van der Waals surface area (Å²) >= 11 is 0. The summed E-state index contributed by atoms with van der Waals surface area (Å²) in [5, 5.41) is 12.3. The molecule has 1 aliphatic rings. The van der Waals surface area contributed by atoms with E-state index in [-0.39, 0.29) is 5.84 Å². The molecule has 3 N–H and O–H groups in total. The summed E-state index contributed by atoms with van der Waals surface area (Å²) in [5.41, 5.74) is 9.53. The van der Waals surface area contributed by atoms with E-state index in [2.05, 4.69) is 28.0 Å². The van der Waals surface area contributed by atoms with Crippen molar-refractivity contribution in [3.63, 3.8) is 0 Å². The van der Waals surface area contributed by atoms with Gasteiger partial charge in [0.15, 0.2) is 5.84 Å². The number of aryl methyl sites for hydroxylation is 2. The fourth-order valence-corrected chi connectivity index (χ4v) is 3.32. The third kappa shape index (κ3) is 3.28. The zero-order valence-electron chi connectivity index (χ0n) is 13.3. The van der Waals surface area contributed by atoms with Gasteiger partial charge < -0.3 is 15.8 Å². The van der Waals surface area contributed by atoms with Crippen molar-refractivity contribution in [2.75, 3.05) is 11.4 Å². The Balaban J connectivity index is 2.54. The molecule has 5 nitrogen and oxygen atoms in total. The van der Waals surface area contributed by atoms with Crippen LogP contribution in [0.25, 0.3) is 0 Å². The van der Waals surface area contributed by atoms with Gasteiger partial charge in [0, 0.05) is 18.3 Å². The minimum Gasteiger partial charge on any atom is -0.409 e. The highest BCUT2D eigenvalue weighted by Crippen LogP contribution is 2.30. The second-order valence-corrected chi connectivity index (χ2v) is 5.83. The normalized spacial score (nSPS) is 20.4. The van der Waals surface area contributed by atoms with Crippen molar-refractivity contribution in [1.82, 2.24) is 4.98 Å². The van der Waals surface area contributed by atoms with Crippen molar-refractivity contribution < 1.29 is 5.21 Å². The van der Waals surface area contributed by atoms with Crippen molar-refractivity contribution in [2.45, 2.75) is 58.9 Å². The lowest BCUT2D eigenvalue weighted by Gasteiger charge is -2.33. The van der Waals surface area contributed by atoms with Gasteiger partial charge in [-0.25, -0.2) is 0 Å². The molecule has 1 unspecified atom stereocenters. The second kappa shape index (κ2) is 6.78. The van der Waals surface area contributed by atoms with Crippen LogP contribution >= 0.6 is 0 Å². The van der Waals surface area contributed by atoms with Gasteiger partial charge >= 0.3 is 0 Å². The molecule has 1 aromatic heterocycles. The number of nitrogens with two attached hydrogens (primary N) is 1. The summed E-state index contributed by atoms with van der Waals surface area (Å²) in [6, 6.07) is 2.58. The number of nitrogens with zero attached hydrogens (tertiary/aromatic N) is 3. The van der Waals surface area contributed by atoms with Crippen molar-refractivity contribution in [1.29, 1.82) is 0 Å². The van der Waals surface area contributed by atoms with Gasteiger partial charge in [0.25, 0.3) is 0 Å². The van der Waals surface area contributed by atoms with Gasteiger partial charge in [-0.15, -0.1) is 0 Å². The van der Waals surface area contributed by atoms with Crippen molar-refractivity contribution in [3.05, 3.63) is 23.0 Å². The van der Waals surface area contributed by atoms with Crippen LogP contribution in [0.5, 0.6) is 0 Å². The lowest BCUT2D eigenvalue weighted by Crippen LogP contribution is -2.36. The zero-order chi connectivity index (χ0) is 15.4. The first-order valence-electron chi connectivity index (χ1n) is 7.81. The Kier molecular flexibility index (Phi) is 5.04. The number of pyridine rings is 1. The smallest absolute Gasteiger partial charge is 0.174 e. The van der Waals surface area contributed by atoms with E-state index in [1.807, 2.05) is 13.8 Å². The molecular formula is C16H26N4O. The van der Waals surface area contributed by atoms with Crippen LogP contribution in [-0.4, -0.2) is 28.6 Å². The Hall–Kier alpha value is -1.78. The maximum Gasteiger partial charge on any atom is 0.174 e. The number of hydrogen-bond donors (Lipinski definition) is 2. The highest BCUT2D eigenvalue weighted by Gasteiger charge is 2.24. The first kappa shape index (κ1) is 15.6. The van der Waals surface area contributed by atoms with Gasteiger partial charge in [-0.05, 0) is 39.2 Å². The fraction of sp³-hybridized carbons (Fsp3) is 0.625. The average molecular weight is 290 g/mol. The SMILES string of the molecule is CCC1CCCCCN1c1cc(C)nc(C)c1/C(N)=N/O. The van der Waals surface area contributed by atoms with Gasteiger partial charge in [-0.3, -0.25) is 4.98 Å². The monoisotopic (exact) mass is 290 g/mol. The highest BCUT2D eigenvalue weighted by atomic mass is 16.4. The van der Waals surface area contributed by atoms with Crippen LogP contribution in [0.15, 0.2) is 11.2 Å². The Labute approximate surface area is 126 Å². The quantitative estimate of drug-likeness (QED) is 0.388. The lowest BCUT2D eigenvalue weighted by atomic mass is 10.0. The number of aromatic nitrogens is 1. The van der Waals surface area contributed by atoms with Crippen LogP contribution in [0, 0.1) is 13.8 Å². The zero-order valence-corrected chi connectivity index (χ0v) is 13.3. The molecule has 116 valence electrons. The number of amidine groups is 1. The molecule has 0 radical (unpaired) electrons. The molecule has 0 spiro atoms. The van der Waals surface area contributed by atoms with Crippen molar-refractivity contribution in [3.8, 4) is 0 Å². The van der Waals surface area contributed by atoms with Crippen LogP contribution < -0.4 is 10.6 Å². The van der Waals surface area contributed by atoms with Crippen LogP contribution in [0.1, 0.15) is 56.0 Å². The molecule has 0 aliphatic carbocycles. The third-order valence-corrected chi connectivity index (χ3v) is 4.33. The number of anilines is 1. The molecule has 1 fully saturated rings. The second-order valence-electron chi connectivity index (χ2n) is 5.83. The summed E-state index contributed by atoms with van der Waals surface area (Å²) in [6.45, 7) is 7.16. The largest absolute Gasteiger partial charge is 0.409 e. The van der Waals surface area contributed by atoms with Crippen LogP contribution in [0.2, 0.25) is 0 Å². The molecule has 2 rings (SSSR count). The van der Waals surface area contributed by atoms with E-state index >= 15 is 0 Å². The third-order valence-electron chi connectivity index (χ3n) is 4.33. The standard InChI is InChI=1S/C16H26N4O/c1-4-13-8-6-5-7-9-20(13)14-10-11(2)18-12(3)15(14)16(17)19-21/h10,13,21H,4-9H2,1-3H3,(H2,17,19). The summed E-state index contributed by atoms with van der Waals surface area (Å²) in [6.07, 6.45) is 6.04. The summed E-state index contributed by atoms with van der Waals surface area (Å²) in [5.74, 6) is 0.147. The molecule has 0 amide bonds. The maximum atomic E-state index is 9.10. The van der Waals surface area contributed by atoms with E-state index in [1.165, 1.54) is 25.7 Å². The highest BCUT2D eigenvalue weighted by molar-refractivity contribution is 6.03. The molecule has 1 saturated heterocycles. The Morgan fingerprint density at radius 2 is 2.19 bits per heavy atom.